The van der Waals surface area contributed by atoms with Crippen LogP contribution < -0.4 is 4.74 Å². The molecule has 3 nitrogen and oxygen atoms in total. The molecule has 0 aliphatic carbocycles. The summed E-state index contributed by atoms with van der Waals surface area (Å²) in [6.07, 6.45) is 3.40. The van der Waals surface area contributed by atoms with E-state index in [0.29, 0.717) is 0 Å². The maximum atomic E-state index is 9.14. The van der Waals surface area contributed by atoms with E-state index in [9.17, 15) is 0 Å². The number of nitrogens with zero attached hydrogens (tertiary/aromatic N) is 1. The maximum absolute atomic E-state index is 9.14. The Morgan fingerprint density at radius 3 is 2.69 bits per heavy atom. The van der Waals surface area contributed by atoms with E-state index in [4.69, 9.17) is 9.84 Å². The molecule has 0 bridgehead atoms. The number of ether oxygens (including phenoxy) is 1. The molecule has 1 rings (SSSR count). The van der Waals surface area contributed by atoms with Gasteiger partial charge in [0.1, 0.15) is 5.75 Å². The molecule has 0 fully saturated rings. The van der Waals surface area contributed by atoms with Gasteiger partial charge in [0.05, 0.1) is 19.9 Å². The zero-order chi connectivity index (χ0) is 9.90. The first-order valence-electron chi connectivity index (χ1n) is 4.20. The first-order valence-corrected chi connectivity index (χ1v) is 4.20. The maximum Gasteiger partial charge on any atom is 0.137 e. The van der Waals surface area contributed by atoms with Gasteiger partial charge in [0, 0.05) is 11.6 Å². The molecular weight excluding hydrogens is 166 g/mol. The molecule has 0 unspecified atom stereocenters. The molecule has 1 N–H and O–H groups in total. The molecule has 1 aromatic heterocycles. The third kappa shape index (κ3) is 2.18. The monoisotopic (exact) mass is 181 g/mol. The topological polar surface area (TPSA) is 42.4 Å². The van der Waals surface area contributed by atoms with Crippen LogP contribution in [-0.2, 0) is 5.41 Å². The van der Waals surface area contributed by atoms with Crippen molar-refractivity contribution >= 4 is 0 Å². The average molecular weight is 181 g/mol. The molecule has 0 aromatic carbocycles. The summed E-state index contributed by atoms with van der Waals surface area (Å²) in [5.74, 6) is 0.721. The van der Waals surface area contributed by atoms with Crippen LogP contribution in [0.2, 0.25) is 0 Å². The third-order valence-corrected chi connectivity index (χ3v) is 2.13. The van der Waals surface area contributed by atoms with Gasteiger partial charge < -0.3 is 9.84 Å². The highest BCUT2D eigenvalue weighted by Crippen LogP contribution is 2.24. The Bertz CT molecular complexity index is 284. The summed E-state index contributed by atoms with van der Waals surface area (Å²) < 4.78 is 5.05. The lowest BCUT2D eigenvalue weighted by Gasteiger charge is -2.21. The molecule has 0 amide bonds. The lowest BCUT2D eigenvalue weighted by atomic mass is 9.87. The first kappa shape index (κ1) is 9.99. The summed E-state index contributed by atoms with van der Waals surface area (Å²) in [5.41, 5.74) is 0.719. The van der Waals surface area contributed by atoms with E-state index >= 15 is 0 Å². The van der Waals surface area contributed by atoms with Crippen molar-refractivity contribution in [3.05, 3.63) is 24.0 Å². The molecule has 0 atom stereocenters. The van der Waals surface area contributed by atoms with Crippen molar-refractivity contribution in [2.24, 2.45) is 0 Å². The molecule has 1 heterocycles. The highest BCUT2D eigenvalue weighted by atomic mass is 16.5. The molecule has 0 aliphatic heterocycles. The lowest BCUT2D eigenvalue weighted by molar-refractivity contribution is 0.218. The van der Waals surface area contributed by atoms with Crippen LogP contribution in [0.3, 0.4) is 0 Å². The van der Waals surface area contributed by atoms with E-state index in [2.05, 4.69) is 4.98 Å². The summed E-state index contributed by atoms with van der Waals surface area (Å²) in [6.45, 7) is 4.02. The van der Waals surface area contributed by atoms with Gasteiger partial charge in [-0.2, -0.15) is 0 Å². The molecule has 0 saturated carbocycles. The fourth-order valence-corrected chi connectivity index (χ4v) is 0.992. The van der Waals surface area contributed by atoms with Gasteiger partial charge in [0.15, 0.2) is 0 Å². The number of aliphatic hydroxyl groups is 1. The third-order valence-electron chi connectivity index (χ3n) is 2.13. The molecular formula is C10H15NO2. The second kappa shape index (κ2) is 3.75. The van der Waals surface area contributed by atoms with E-state index in [1.165, 1.54) is 0 Å². The number of aliphatic hydroxyl groups excluding tert-OH is 1. The van der Waals surface area contributed by atoms with E-state index in [1.54, 1.807) is 19.5 Å². The van der Waals surface area contributed by atoms with E-state index in [-0.39, 0.29) is 12.0 Å². The standard InChI is InChI=1S/C10H15NO2/c1-10(2,7-12)8-4-9(13-3)6-11-5-8/h4-6,12H,7H2,1-3H3. The zero-order valence-corrected chi connectivity index (χ0v) is 8.24. The highest BCUT2D eigenvalue weighted by molar-refractivity contribution is 5.28. The van der Waals surface area contributed by atoms with Crippen molar-refractivity contribution in [2.75, 3.05) is 13.7 Å². The average Bonchev–Trinajstić information content (AvgIpc) is 2.18. The number of methoxy groups -OCH3 is 1. The fourth-order valence-electron chi connectivity index (χ4n) is 0.992. The minimum absolute atomic E-state index is 0.0991. The van der Waals surface area contributed by atoms with Crippen molar-refractivity contribution in [1.82, 2.24) is 4.98 Å². The van der Waals surface area contributed by atoms with Crippen molar-refractivity contribution < 1.29 is 9.84 Å². The minimum atomic E-state index is -0.262. The summed E-state index contributed by atoms with van der Waals surface area (Å²) >= 11 is 0. The van der Waals surface area contributed by atoms with E-state index < -0.39 is 0 Å². The van der Waals surface area contributed by atoms with Gasteiger partial charge >= 0.3 is 0 Å². The van der Waals surface area contributed by atoms with E-state index in [1.807, 2.05) is 19.9 Å². The van der Waals surface area contributed by atoms with E-state index in [0.717, 1.165) is 11.3 Å². The second-order valence-corrected chi connectivity index (χ2v) is 3.66. The Hall–Kier alpha value is -1.09. The van der Waals surface area contributed by atoms with Crippen LogP contribution in [0.25, 0.3) is 0 Å². The Balaban J connectivity index is 3.01. The molecule has 0 aliphatic rings. The van der Waals surface area contributed by atoms with Gasteiger partial charge in [-0.05, 0) is 11.6 Å². The lowest BCUT2D eigenvalue weighted by Crippen LogP contribution is -2.22. The van der Waals surface area contributed by atoms with Crippen LogP contribution in [-0.4, -0.2) is 23.8 Å². The first-order chi connectivity index (χ1) is 6.10. The summed E-state index contributed by atoms with van der Waals surface area (Å²) in [6, 6.07) is 1.89. The number of hydrogen-bond acceptors (Lipinski definition) is 3. The SMILES string of the molecule is COc1cncc(C(C)(C)CO)c1. The molecule has 0 saturated heterocycles. The van der Waals surface area contributed by atoms with Crippen LogP contribution in [0.5, 0.6) is 5.75 Å². The highest BCUT2D eigenvalue weighted by Gasteiger charge is 2.19. The molecule has 13 heavy (non-hydrogen) atoms. The van der Waals surface area contributed by atoms with Gasteiger partial charge in [0.25, 0.3) is 0 Å². The van der Waals surface area contributed by atoms with Gasteiger partial charge in [-0.25, -0.2) is 0 Å². The quantitative estimate of drug-likeness (QED) is 0.765. The van der Waals surface area contributed by atoms with Gasteiger partial charge in [-0.1, -0.05) is 13.8 Å². The molecule has 72 valence electrons. The summed E-state index contributed by atoms with van der Waals surface area (Å²) in [7, 11) is 1.60. The van der Waals surface area contributed by atoms with Gasteiger partial charge in [-0.15, -0.1) is 0 Å². The number of aromatic nitrogens is 1. The molecule has 3 heteroatoms. The normalized spacial score (nSPS) is 11.4. The van der Waals surface area contributed by atoms with Crippen molar-refractivity contribution in [3.63, 3.8) is 0 Å². The van der Waals surface area contributed by atoms with Gasteiger partial charge in [-0.3, -0.25) is 4.98 Å². The smallest absolute Gasteiger partial charge is 0.137 e. The van der Waals surface area contributed by atoms with Crippen molar-refractivity contribution in [2.45, 2.75) is 19.3 Å². The largest absolute Gasteiger partial charge is 0.495 e. The number of rotatable bonds is 3. The number of hydrogen-bond donors (Lipinski definition) is 1. The van der Waals surface area contributed by atoms with Crippen LogP contribution in [0.15, 0.2) is 18.5 Å². The Morgan fingerprint density at radius 1 is 1.46 bits per heavy atom. The van der Waals surface area contributed by atoms with Crippen LogP contribution >= 0.6 is 0 Å². The predicted octanol–water partition coefficient (Wildman–Crippen LogP) is 1.36. The number of pyridine rings is 1. The van der Waals surface area contributed by atoms with Gasteiger partial charge in [0.2, 0.25) is 0 Å². The van der Waals surface area contributed by atoms with Crippen LogP contribution in [0.1, 0.15) is 19.4 Å². The summed E-state index contributed by atoms with van der Waals surface area (Å²) in [4.78, 5) is 4.03. The minimum Gasteiger partial charge on any atom is -0.495 e. The Morgan fingerprint density at radius 2 is 2.15 bits per heavy atom. The fraction of sp³-hybridized carbons (Fsp3) is 0.500. The van der Waals surface area contributed by atoms with Crippen molar-refractivity contribution in [3.8, 4) is 5.75 Å². The Labute approximate surface area is 78.4 Å². The Kier molecular flexibility index (Phi) is 2.88. The van der Waals surface area contributed by atoms with Crippen LogP contribution in [0.4, 0.5) is 0 Å². The molecule has 1 aromatic rings. The molecule has 0 radical (unpaired) electrons. The second-order valence-electron chi connectivity index (χ2n) is 3.66. The van der Waals surface area contributed by atoms with Crippen LogP contribution in [0, 0.1) is 0 Å². The molecule has 0 spiro atoms. The summed E-state index contributed by atoms with van der Waals surface area (Å²) in [5, 5.41) is 9.14. The zero-order valence-electron chi connectivity index (χ0n) is 8.24. The van der Waals surface area contributed by atoms with Crippen molar-refractivity contribution in [1.29, 1.82) is 0 Å². The predicted molar refractivity (Wildman–Crippen MR) is 50.9 cm³/mol.